The van der Waals surface area contributed by atoms with Crippen LogP contribution in [-0.2, 0) is 6.42 Å². The van der Waals surface area contributed by atoms with Crippen LogP contribution >= 0.6 is 22.9 Å². The number of hydrogen-bond acceptors (Lipinski definition) is 2. The van der Waals surface area contributed by atoms with Crippen LogP contribution in [0.4, 0.5) is 0 Å². The van der Waals surface area contributed by atoms with Gasteiger partial charge < -0.3 is 5.32 Å². The zero-order chi connectivity index (χ0) is 12.3. The molecule has 0 amide bonds. The molecule has 0 aliphatic carbocycles. The first-order valence-corrected chi connectivity index (χ1v) is 6.92. The van der Waals surface area contributed by atoms with Crippen LogP contribution in [-0.4, -0.2) is 7.05 Å². The van der Waals surface area contributed by atoms with Gasteiger partial charge in [-0.25, -0.2) is 0 Å². The first-order valence-electron chi connectivity index (χ1n) is 5.66. The van der Waals surface area contributed by atoms with Gasteiger partial charge in [-0.3, -0.25) is 0 Å². The van der Waals surface area contributed by atoms with Crippen LogP contribution in [0.5, 0.6) is 0 Å². The van der Waals surface area contributed by atoms with E-state index in [9.17, 15) is 0 Å². The average Bonchev–Trinajstić information content (AvgIpc) is 2.82. The van der Waals surface area contributed by atoms with E-state index in [1.807, 2.05) is 20.0 Å². The lowest BCUT2D eigenvalue weighted by Crippen LogP contribution is -2.18. The summed E-state index contributed by atoms with van der Waals surface area (Å²) in [7, 11) is 2.00. The third kappa shape index (κ3) is 3.09. The Hall–Kier alpha value is -0.830. The van der Waals surface area contributed by atoms with Crippen LogP contribution < -0.4 is 5.32 Å². The van der Waals surface area contributed by atoms with E-state index in [1.165, 1.54) is 10.4 Å². The van der Waals surface area contributed by atoms with E-state index in [4.69, 9.17) is 11.6 Å². The summed E-state index contributed by atoms with van der Waals surface area (Å²) in [5.74, 6) is 0. The Bertz CT molecular complexity index is 479. The molecule has 1 unspecified atom stereocenters. The fraction of sp³-hybridized carbons (Fsp3) is 0.286. The van der Waals surface area contributed by atoms with Gasteiger partial charge in [0.1, 0.15) is 0 Å². The molecule has 1 heterocycles. The van der Waals surface area contributed by atoms with Crippen LogP contribution in [0.15, 0.2) is 35.7 Å². The van der Waals surface area contributed by atoms with E-state index in [-0.39, 0.29) is 0 Å². The van der Waals surface area contributed by atoms with Crippen LogP contribution in [0.2, 0.25) is 5.02 Å². The predicted octanol–water partition coefficient (Wildman–Crippen LogP) is 4.21. The van der Waals surface area contributed by atoms with Crippen molar-refractivity contribution in [3.05, 3.63) is 56.7 Å². The molecule has 0 saturated carbocycles. The summed E-state index contributed by atoms with van der Waals surface area (Å²) < 4.78 is 0. The summed E-state index contributed by atoms with van der Waals surface area (Å²) in [6.07, 6.45) is 1.02. The second-order valence-electron chi connectivity index (χ2n) is 4.13. The molecule has 3 heteroatoms. The minimum atomic E-state index is 0.351. The molecule has 0 bridgehead atoms. The fourth-order valence-electron chi connectivity index (χ4n) is 1.90. The van der Waals surface area contributed by atoms with E-state index >= 15 is 0 Å². The highest BCUT2D eigenvalue weighted by atomic mass is 35.5. The van der Waals surface area contributed by atoms with Gasteiger partial charge in [0, 0.05) is 22.4 Å². The lowest BCUT2D eigenvalue weighted by atomic mass is 10.0. The van der Waals surface area contributed by atoms with Gasteiger partial charge in [-0.1, -0.05) is 29.8 Å². The molecular weight excluding hydrogens is 250 g/mol. The van der Waals surface area contributed by atoms with E-state index in [0.29, 0.717) is 6.04 Å². The van der Waals surface area contributed by atoms with Crippen LogP contribution in [0.3, 0.4) is 0 Å². The quantitative estimate of drug-likeness (QED) is 0.873. The highest BCUT2D eigenvalue weighted by molar-refractivity contribution is 7.09. The second-order valence-corrected chi connectivity index (χ2v) is 5.57. The van der Waals surface area contributed by atoms with Gasteiger partial charge in [0.05, 0.1) is 0 Å². The molecule has 1 aromatic heterocycles. The zero-order valence-corrected chi connectivity index (χ0v) is 11.6. The lowest BCUT2D eigenvalue weighted by molar-refractivity contribution is 0.596. The van der Waals surface area contributed by atoms with Crippen molar-refractivity contribution < 1.29 is 0 Å². The monoisotopic (exact) mass is 265 g/mol. The van der Waals surface area contributed by atoms with Crippen molar-refractivity contribution in [3.8, 4) is 0 Å². The van der Waals surface area contributed by atoms with E-state index in [2.05, 4.69) is 35.0 Å². The summed E-state index contributed by atoms with van der Waals surface area (Å²) in [5, 5.41) is 6.32. The number of hydrogen-bond donors (Lipinski definition) is 1. The third-order valence-corrected chi connectivity index (χ3v) is 4.24. The number of thiophene rings is 1. The van der Waals surface area contributed by atoms with Crippen LogP contribution in [0.25, 0.3) is 0 Å². The first-order chi connectivity index (χ1) is 8.20. The molecule has 2 rings (SSSR count). The molecule has 2 aromatic rings. The van der Waals surface area contributed by atoms with Crippen molar-refractivity contribution in [2.75, 3.05) is 7.05 Å². The molecule has 0 aliphatic rings. The summed E-state index contributed by atoms with van der Waals surface area (Å²) in [6, 6.07) is 10.9. The first kappa shape index (κ1) is 12.6. The van der Waals surface area contributed by atoms with Crippen molar-refractivity contribution in [1.29, 1.82) is 0 Å². The number of aryl methyl sites for hydroxylation is 1. The molecule has 17 heavy (non-hydrogen) atoms. The molecule has 0 aliphatic heterocycles. The molecule has 0 saturated heterocycles. The van der Waals surface area contributed by atoms with Crippen LogP contribution in [0.1, 0.15) is 22.0 Å². The number of nitrogens with one attached hydrogen (secondary N) is 1. The Morgan fingerprint density at radius 1 is 1.35 bits per heavy atom. The Morgan fingerprint density at radius 2 is 2.18 bits per heavy atom. The van der Waals surface area contributed by atoms with Crippen molar-refractivity contribution in [2.45, 2.75) is 19.4 Å². The maximum absolute atomic E-state index is 6.05. The number of benzene rings is 1. The molecule has 90 valence electrons. The average molecular weight is 266 g/mol. The van der Waals surface area contributed by atoms with Gasteiger partial charge in [-0.15, -0.1) is 11.3 Å². The summed E-state index contributed by atoms with van der Waals surface area (Å²) in [6.45, 7) is 2.05. The highest BCUT2D eigenvalue weighted by Crippen LogP contribution is 2.24. The Morgan fingerprint density at radius 3 is 2.76 bits per heavy atom. The van der Waals surface area contributed by atoms with Gasteiger partial charge in [0.25, 0.3) is 0 Å². The Kier molecular flexibility index (Phi) is 4.21. The van der Waals surface area contributed by atoms with E-state index < -0.39 is 0 Å². The summed E-state index contributed by atoms with van der Waals surface area (Å²) >= 11 is 7.86. The fourth-order valence-corrected chi connectivity index (χ4v) is 2.77. The van der Waals surface area contributed by atoms with Crippen molar-refractivity contribution >= 4 is 22.9 Å². The normalized spacial score (nSPS) is 12.6. The Labute approximate surface area is 111 Å². The number of rotatable bonds is 4. The van der Waals surface area contributed by atoms with E-state index in [1.54, 1.807) is 11.3 Å². The lowest BCUT2D eigenvalue weighted by Gasteiger charge is -2.16. The molecule has 1 N–H and O–H groups in total. The van der Waals surface area contributed by atoms with Gasteiger partial charge in [0.15, 0.2) is 0 Å². The number of halogens is 1. The van der Waals surface area contributed by atoms with Crippen molar-refractivity contribution in [3.63, 3.8) is 0 Å². The highest BCUT2D eigenvalue weighted by Gasteiger charge is 2.11. The number of likely N-dealkylation sites (N-methyl/N-ethyl adjacent to an activating group) is 1. The van der Waals surface area contributed by atoms with Crippen molar-refractivity contribution in [1.82, 2.24) is 5.32 Å². The third-order valence-electron chi connectivity index (χ3n) is 2.92. The zero-order valence-electron chi connectivity index (χ0n) is 10.0. The standard InChI is InChI=1S/C14H16ClNS/c1-10-8-11(5-6-13(10)15)14(16-2)9-12-4-3-7-17-12/h3-8,14,16H,9H2,1-2H3. The molecular formula is C14H16ClNS. The molecule has 1 atom stereocenters. The second kappa shape index (κ2) is 5.67. The largest absolute Gasteiger partial charge is 0.313 e. The SMILES string of the molecule is CNC(Cc1cccs1)c1ccc(Cl)c(C)c1. The maximum atomic E-state index is 6.05. The Balaban J connectivity index is 2.20. The summed E-state index contributed by atoms with van der Waals surface area (Å²) in [4.78, 5) is 1.40. The smallest absolute Gasteiger partial charge is 0.0435 e. The topological polar surface area (TPSA) is 12.0 Å². The van der Waals surface area contributed by atoms with Gasteiger partial charge >= 0.3 is 0 Å². The summed E-state index contributed by atoms with van der Waals surface area (Å²) in [5.41, 5.74) is 2.43. The van der Waals surface area contributed by atoms with Crippen molar-refractivity contribution in [2.24, 2.45) is 0 Å². The van der Waals surface area contributed by atoms with Crippen LogP contribution in [0, 0.1) is 6.92 Å². The molecule has 0 fully saturated rings. The molecule has 0 spiro atoms. The minimum Gasteiger partial charge on any atom is -0.313 e. The van der Waals surface area contributed by atoms with Gasteiger partial charge in [-0.05, 0) is 42.6 Å². The minimum absolute atomic E-state index is 0.351. The molecule has 1 aromatic carbocycles. The maximum Gasteiger partial charge on any atom is 0.0435 e. The van der Waals surface area contributed by atoms with E-state index in [0.717, 1.165) is 17.0 Å². The van der Waals surface area contributed by atoms with Gasteiger partial charge in [0.2, 0.25) is 0 Å². The molecule has 0 radical (unpaired) electrons. The predicted molar refractivity (Wildman–Crippen MR) is 76.0 cm³/mol. The molecule has 1 nitrogen and oxygen atoms in total. The van der Waals surface area contributed by atoms with Gasteiger partial charge in [-0.2, -0.15) is 0 Å².